The number of pyridine rings is 1. The first-order valence-corrected chi connectivity index (χ1v) is 9.99. The molecule has 0 aliphatic carbocycles. The number of hydrogen-bond donors (Lipinski definition) is 1. The molecule has 0 radical (unpaired) electrons. The van der Waals surface area contributed by atoms with Gasteiger partial charge in [0.2, 0.25) is 0 Å². The molecule has 1 N–H and O–H groups in total. The van der Waals surface area contributed by atoms with Crippen LogP contribution in [-0.2, 0) is 0 Å². The second-order valence-electron chi connectivity index (χ2n) is 6.47. The number of anilines is 3. The minimum atomic E-state index is 0.763. The highest BCUT2D eigenvalue weighted by Crippen LogP contribution is 2.30. The van der Waals surface area contributed by atoms with Crippen LogP contribution in [0.25, 0.3) is 10.4 Å². The van der Waals surface area contributed by atoms with Gasteiger partial charge in [0.15, 0.2) is 5.13 Å². The van der Waals surface area contributed by atoms with Crippen LogP contribution in [0.4, 0.5) is 16.8 Å². The summed E-state index contributed by atoms with van der Waals surface area (Å²) in [5.41, 5.74) is 1.11. The minimum Gasteiger partial charge on any atom is -0.354 e. The number of piperazine rings is 1. The van der Waals surface area contributed by atoms with Gasteiger partial charge in [0.05, 0.1) is 4.88 Å². The number of aromatic nitrogens is 4. The van der Waals surface area contributed by atoms with Crippen LogP contribution >= 0.6 is 11.3 Å². The lowest BCUT2D eigenvalue weighted by Crippen LogP contribution is -2.46. The van der Waals surface area contributed by atoms with Gasteiger partial charge in [-0.2, -0.15) is 0 Å². The first-order valence-electron chi connectivity index (χ1n) is 9.17. The van der Waals surface area contributed by atoms with Crippen molar-refractivity contribution in [3.63, 3.8) is 0 Å². The summed E-state index contributed by atoms with van der Waals surface area (Å²) >= 11 is 1.60. The van der Waals surface area contributed by atoms with Crippen LogP contribution in [0.1, 0.15) is 12.7 Å². The molecule has 8 heteroatoms. The Kier molecular flexibility index (Phi) is 5.26. The van der Waals surface area contributed by atoms with E-state index >= 15 is 0 Å². The van der Waals surface area contributed by atoms with Crippen molar-refractivity contribution in [3.05, 3.63) is 42.6 Å². The molecule has 0 spiro atoms. The molecule has 0 saturated carbocycles. The van der Waals surface area contributed by atoms with Gasteiger partial charge in [-0.05, 0) is 31.2 Å². The summed E-state index contributed by atoms with van der Waals surface area (Å²) in [6.45, 7) is 9.38. The fourth-order valence-corrected chi connectivity index (χ4v) is 3.99. The molecule has 140 valence electrons. The van der Waals surface area contributed by atoms with E-state index in [1.54, 1.807) is 23.7 Å². The van der Waals surface area contributed by atoms with E-state index in [0.29, 0.717) is 0 Å². The summed E-state index contributed by atoms with van der Waals surface area (Å²) in [5, 5.41) is 4.16. The highest BCUT2D eigenvalue weighted by Gasteiger charge is 2.18. The average molecular weight is 382 g/mol. The van der Waals surface area contributed by atoms with Gasteiger partial charge < -0.3 is 15.1 Å². The van der Waals surface area contributed by atoms with Crippen molar-refractivity contribution >= 4 is 28.1 Å². The summed E-state index contributed by atoms with van der Waals surface area (Å²) in [7, 11) is 0. The molecule has 4 rings (SSSR count). The predicted molar refractivity (Wildman–Crippen MR) is 110 cm³/mol. The van der Waals surface area contributed by atoms with Gasteiger partial charge in [0.1, 0.15) is 17.5 Å². The fourth-order valence-electron chi connectivity index (χ4n) is 3.16. The maximum atomic E-state index is 4.64. The lowest BCUT2D eigenvalue weighted by Gasteiger charge is -2.34. The van der Waals surface area contributed by atoms with Crippen molar-refractivity contribution in [2.24, 2.45) is 0 Å². The Hall–Kier alpha value is -2.58. The lowest BCUT2D eigenvalue weighted by atomic mass is 10.2. The summed E-state index contributed by atoms with van der Waals surface area (Å²) in [4.78, 5) is 23.6. The highest BCUT2D eigenvalue weighted by atomic mass is 32.1. The molecule has 0 bridgehead atoms. The largest absolute Gasteiger partial charge is 0.354 e. The first kappa shape index (κ1) is 17.8. The third-order valence-electron chi connectivity index (χ3n) is 4.67. The van der Waals surface area contributed by atoms with E-state index in [-0.39, 0.29) is 0 Å². The van der Waals surface area contributed by atoms with Gasteiger partial charge in [-0.15, -0.1) is 0 Å². The molecule has 1 aliphatic heterocycles. The first-order chi connectivity index (χ1) is 13.2. The zero-order valence-electron chi connectivity index (χ0n) is 15.6. The molecular weight excluding hydrogens is 358 g/mol. The van der Waals surface area contributed by atoms with Crippen molar-refractivity contribution in [2.45, 2.75) is 13.8 Å². The van der Waals surface area contributed by atoms with Crippen LogP contribution in [0, 0.1) is 6.92 Å². The number of rotatable bonds is 5. The summed E-state index contributed by atoms with van der Waals surface area (Å²) in [6.07, 6.45) is 5.46. The number of aryl methyl sites for hydroxylation is 1. The Morgan fingerprint density at radius 3 is 2.63 bits per heavy atom. The SMILES string of the molecule is CCN1CCN(c2cc(Nc3ncc(-c4ccncc4)s3)nc(C)n2)CC1. The monoisotopic (exact) mass is 381 g/mol. The van der Waals surface area contributed by atoms with Crippen LogP contribution in [0.15, 0.2) is 36.8 Å². The van der Waals surface area contributed by atoms with E-state index in [0.717, 1.165) is 65.8 Å². The summed E-state index contributed by atoms with van der Waals surface area (Å²) in [6, 6.07) is 5.99. The Balaban J connectivity index is 1.50. The maximum absolute atomic E-state index is 4.64. The number of hydrogen-bond acceptors (Lipinski definition) is 8. The number of nitrogens with one attached hydrogen (secondary N) is 1. The third kappa shape index (κ3) is 4.23. The van der Waals surface area contributed by atoms with Crippen molar-refractivity contribution < 1.29 is 0 Å². The number of thiazole rings is 1. The second-order valence-corrected chi connectivity index (χ2v) is 7.50. The molecule has 7 nitrogen and oxygen atoms in total. The van der Waals surface area contributed by atoms with Crippen molar-refractivity contribution in [3.8, 4) is 10.4 Å². The van der Waals surface area contributed by atoms with E-state index in [4.69, 9.17) is 0 Å². The number of likely N-dealkylation sites (N-methyl/N-ethyl adjacent to an activating group) is 1. The van der Waals surface area contributed by atoms with Gasteiger partial charge in [0.25, 0.3) is 0 Å². The van der Waals surface area contributed by atoms with E-state index in [1.165, 1.54) is 0 Å². The van der Waals surface area contributed by atoms with Crippen molar-refractivity contribution in [1.29, 1.82) is 0 Å². The number of nitrogens with zero attached hydrogens (tertiary/aromatic N) is 6. The smallest absolute Gasteiger partial charge is 0.188 e. The Labute approximate surface area is 163 Å². The molecule has 27 heavy (non-hydrogen) atoms. The molecule has 0 amide bonds. The molecule has 3 aromatic rings. The Morgan fingerprint density at radius 1 is 1.11 bits per heavy atom. The Bertz CT molecular complexity index is 888. The molecule has 1 aliphatic rings. The molecule has 0 aromatic carbocycles. The van der Waals surface area contributed by atoms with Crippen LogP contribution in [0.3, 0.4) is 0 Å². The quantitative estimate of drug-likeness (QED) is 0.728. The summed E-state index contributed by atoms with van der Waals surface area (Å²) < 4.78 is 0. The maximum Gasteiger partial charge on any atom is 0.188 e. The normalized spacial score (nSPS) is 15.1. The van der Waals surface area contributed by atoms with E-state index in [2.05, 4.69) is 42.0 Å². The summed E-state index contributed by atoms with van der Waals surface area (Å²) in [5.74, 6) is 2.52. The lowest BCUT2D eigenvalue weighted by molar-refractivity contribution is 0.270. The molecule has 0 atom stereocenters. The molecular formula is C19H23N7S. The standard InChI is InChI=1S/C19H23N7S/c1-3-25-8-10-26(11-9-25)18-12-17(22-14(2)23-18)24-19-21-13-16(27-19)15-4-6-20-7-5-15/h4-7,12-13H,3,8-11H2,1-2H3,(H,21,22,23,24). The van der Waals surface area contributed by atoms with E-state index in [9.17, 15) is 0 Å². The molecule has 1 saturated heterocycles. The van der Waals surface area contributed by atoms with Crippen LogP contribution in [0.5, 0.6) is 0 Å². The van der Waals surface area contributed by atoms with E-state index in [1.807, 2.05) is 31.3 Å². The molecule has 4 heterocycles. The minimum absolute atomic E-state index is 0.763. The topological polar surface area (TPSA) is 70.1 Å². The Morgan fingerprint density at radius 2 is 1.89 bits per heavy atom. The zero-order chi connectivity index (χ0) is 18.6. The van der Waals surface area contributed by atoms with E-state index < -0.39 is 0 Å². The van der Waals surface area contributed by atoms with Gasteiger partial charge in [-0.25, -0.2) is 15.0 Å². The van der Waals surface area contributed by atoms with Crippen molar-refractivity contribution in [2.75, 3.05) is 42.9 Å². The average Bonchev–Trinajstić information content (AvgIpc) is 3.17. The molecule has 0 unspecified atom stereocenters. The van der Waals surface area contributed by atoms with Crippen LogP contribution in [-0.4, -0.2) is 57.6 Å². The zero-order valence-corrected chi connectivity index (χ0v) is 16.4. The third-order valence-corrected chi connectivity index (χ3v) is 5.64. The van der Waals surface area contributed by atoms with Gasteiger partial charge in [-0.1, -0.05) is 18.3 Å². The molecule has 1 fully saturated rings. The van der Waals surface area contributed by atoms with Crippen LogP contribution in [0.2, 0.25) is 0 Å². The highest BCUT2D eigenvalue weighted by molar-refractivity contribution is 7.18. The van der Waals surface area contributed by atoms with Gasteiger partial charge >= 0.3 is 0 Å². The van der Waals surface area contributed by atoms with Gasteiger partial charge in [0, 0.05) is 50.8 Å². The van der Waals surface area contributed by atoms with Gasteiger partial charge in [-0.3, -0.25) is 4.98 Å². The van der Waals surface area contributed by atoms with Crippen molar-refractivity contribution in [1.82, 2.24) is 24.8 Å². The fraction of sp³-hybridized carbons (Fsp3) is 0.368. The second kappa shape index (κ2) is 7.98. The van der Waals surface area contributed by atoms with Crippen LogP contribution < -0.4 is 10.2 Å². The molecule has 3 aromatic heterocycles. The predicted octanol–water partition coefficient (Wildman–Crippen LogP) is 3.19.